The molecule has 0 aromatic heterocycles. The standard InChI is InChI=1S/C25H29N3O5/c1-32-24(30)21(15-9-4-10-16-26)27-23(29)22(17-19-11-5-2-6-12-19)28-25(31)33-18-20-13-7-3-8-14-20/h2-3,5-8,11-14,21-22H,4,9-10,15,17-18H2,1H3,(H,27,29)(H,28,31)/t21-,22-/m0/s1. The third-order valence-electron chi connectivity index (χ3n) is 4.94. The van der Waals surface area contributed by atoms with Gasteiger partial charge in [0.05, 0.1) is 13.2 Å². The quantitative estimate of drug-likeness (QED) is 0.378. The predicted octanol–water partition coefficient (Wildman–Crippen LogP) is 3.27. The van der Waals surface area contributed by atoms with Gasteiger partial charge in [-0.05, 0) is 30.4 Å². The maximum atomic E-state index is 13.0. The van der Waals surface area contributed by atoms with Crippen LogP contribution in [0.3, 0.4) is 0 Å². The predicted molar refractivity (Wildman–Crippen MR) is 122 cm³/mol. The monoisotopic (exact) mass is 451 g/mol. The van der Waals surface area contributed by atoms with Gasteiger partial charge in [-0.3, -0.25) is 4.79 Å². The molecule has 2 aromatic rings. The number of unbranched alkanes of at least 4 members (excludes halogenated alkanes) is 2. The molecule has 0 fully saturated rings. The number of hydrogen-bond donors (Lipinski definition) is 2. The van der Waals surface area contributed by atoms with Crippen molar-refractivity contribution in [2.45, 2.75) is 50.8 Å². The molecular weight excluding hydrogens is 422 g/mol. The van der Waals surface area contributed by atoms with Crippen LogP contribution in [0.1, 0.15) is 36.8 Å². The van der Waals surface area contributed by atoms with Crippen LogP contribution in [0.2, 0.25) is 0 Å². The molecule has 2 rings (SSSR count). The number of amides is 2. The van der Waals surface area contributed by atoms with Crippen LogP contribution >= 0.6 is 0 Å². The van der Waals surface area contributed by atoms with Crippen LogP contribution in [0, 0.1) is 11.3 Å². The molecule has 0 bridgehead atoms. The zero-order valence-electron chi connectivity index (χ0n) is 18.7. The van der Waals surface area contributed by atoms with Crippen molar-refractivity contribution in [3.8, 4) is 6.07 Å². The van der Waals surface area contributed by atoms with Gasteiger partial charge in [0.25, 0.3) is 0 Å². The summed E-state index contributed by atoms with van der Waals surface area (Å²) in [7, 11) is 1.25. The molecule has 0 aliphatic carbocycles. The maximum Gasteiger partial charge on any atom is 0.408 e. The Kier molecular flexibility index (Phi) is 11.0. The van der Waals surface area contributed by atoms with Crippen LogP contribution in [-0.2, 0) is 32.1 Å². The summed E-state index contributed by atoms with van der Waals surface area (Å²) in [4.78, 5) is 37.6. The second kappa shape index (κ2) is 14.2. The third kappa shape index (κ3) is 9.44. The third-order valence-corrected chi connectivity index (χ3v) is 4.94. The fourth-order valence-corrected chi connectivity index (χ4v) is 3.18. The van der Waals surface area contributed by atoms with E-state index in [9.17, 15) is 14.4 Å². The molecule has 0 aliphatic rings. The molecule has 174 valence electrons. The largest absolute Gasteiger partial charge is 0.467 e. The van der Waals surface area contributed by atoms with Crippen molar-refractivity contribution in [3.05, 3.63) is 71.8 Å². The summed E-state index contributed by atoms with van der Waals surface area (Å²) in [5.74, 6) is -1.10. The first kappa shape index (κ1) is 25.4. The molecule has 2 atom stereocenters. The lowest BCUT2D eigenvalue weighted by molar-refractivity contribution is -0.145. The summed E-state index contributed by atoms with van der Waals surface area (Å²) in [6, 6.07) is 18.6. The Balaban J connectivity index is 2.05. The van der Waals surface area contributed by atoms with Gasteiger partial charge < -0.3 is 20.1 Å². The number of benzene rings is 2. The van der Waals surface area contributed by atoms with Crippen LogP contribution in [0.15, 0.2) is 60.7 Å². The first-order chi connectivity index (χ1) is 16.0. The Bertz CT molecular complexity index is 928. The summed E-state index contributed by atoms with van der Waals surface area (Å²) in [5, 5.41) is 14.0. The van der Waals surface area contributed by atoms with Crippen LogP contribution < -0.4 is 10.6 Å². The van der Waals surface area contributed by atoms with Crippen molar-refractivity contribution in [2.24, 2.45) is 0 Å². The first-order valence-corrected chi connectivity index (χ1v) is 10.8. The van der Waals surface area contributed by atoms with Crippen molar-refractivity contribution in [2.75, 3.05) is 7.11 Å². The van der Waals surface area contributed by atoms with E-state index in [4.69, 9.17) is 14.7 Å². The van der Waals surface area contributed by atoms with E-state index < -0.39 is 30.1 Å². The second-order valence-electron chi connectivity index (χ2n) is 7.44. The van der Waals surface area contributed by atoms with E-state index >= 15 is 0 Å². The second-order valence-corrected chi connectivity index (χ2v) is 7.44. The fraction of sp³-hybridized carbons (Fsp3) is 0.360. The highest BCUT2D eigenvalue weighted by Crippen LogP contribution is 2.09. The number of nitriles is 1. The number of esters is 1. The SMILES string of the molecule is COC(=O)[C@H](CCCCC#N)NC(=O)[C@H](Cc1ccccc1)NC(=O)OCc1ccccc1. The Morgan fingerprint density at radius 1 is 0.909 bits per heavy atom. The summed E-state index contributed by atoms with van der Waals surface area (Å²) < 4.78 is 10.1. The number of ether oxygens (including phenoxy) is 2. The Labute approximate surface area is 193 Å². The molecule has 0 saturated heterocycles. The van der Waals surface area contributed by atoms with Gasteiger partial charge in [0.15, 0.2) is 0 Å². The van der Waals surface area contributed by atoms with Gasteiger partial charge in [0, 0.05) is 12.8 Å². The lowest BCUT2D eigenvalue weighted by Gasteiger charge is -2.22. The highest BCUT2D eigenvalue weighted by Gasteiger charge is 2.27. The zero-order chi connectivity index (χ0) is 23.9. The number of nitrogens with one attached hydrogen (secondary N) is 2. The molecule has 0 saturated carbocycles. The normalized spacial score (nSPS) is 12.0. The number of rotatable bonds is 12. The van der Waals surface area contributed by atoms with Crippen molar-refractivity contribution in [1.82, 2.24) is 10.6 Å². The molecule has 0 heterocycles. The molecule has 0 radical (unpaired) electrons. The average molecular weight is 452 g/mol. The van der Waals surface area contributed by atoms with E-state index in [1.165, 1.54) is 7.11 Å². The highest BCUT2D eigenvalue weighted by atomic mass is 16.5. The number of nitrogens with zero attached hydrogens (tertiary/aromatic N) is 1. The molecule has 0 spiro atoms. The topological polar surface area (TPSA) is 118 Å². The van der Waals surface area contributed by atoms with Crippen LogP contribution in [0.4, 0.5) is 4.79 Å². The van der Waals surface area contributed by atoms with Crippen LogP contribution in [-0.4, -0.2) is 37.2 Å². The van der Waals surface area contributed by atoms with Crippen LogP contribution in [0.5, 0.6) is 0 Å². The van der Waals surface area contributed by atoms with Gasteiger partial charge >= 0.3 is 12.1 Å². The van der Waals surface area contributed by atoms with E-state index in [1.807, 2.05) is 60.7 Å². The van der Waals surface area contributed by atoms with Crippen LogP contribution in [0.25, 0.3) is 0 Å². The van der Waals surface area contributed by atoms with E-state index in [1.54, 1.807) is 0 Å². The first-order valence-electron chi connectivity index (χ1n) is 10.8. The highest BCUT2D eigenvalue weighted by molar-refractivity contribution is 5.89. The number of methoxy groups -OCH3 is 1. The fourth-order valence-electron chi connectivity index (χ4n) is 3.18. The Hall–Kier alpha value is -3.86. The minimum Gasteiger partial charge on any atom is -0.467 e. The van der Waals surface area contributed by atoms with Gasteiger partial charge in [-0.15, -0.1) is 0 Å². The molecule has 2 N–H and O–H groups in total. The van der Waals surface area contributed by atoms with E-state index in [0.717, 1.165) is 11.1 Å². The molecule has 8 heteroatoms. The molecule has 0 unspecified atom stereocenters. The summed E-state index contributed by atoms with van der Waals surface area (Å²) >= 11 is 0. The summed E-state index contributed by atoms with van der Waals surface area (Å²) in [6.07, 6.45) is 1.36. The van der Waals surface area contributed by atoms with Crippen molar-refractivity contribution in [3.63, 3.8) is 0 Å². The number of alkyl carbamates (subject to hydrolysis) is 1. The van der Waals surface area contributed by atoms with E-state index in [-0.39, 0.29) is 13.0 Å². The van der Waals surface area contributed by atoms with Gasteiger partial charge in [0.1, 0.15) is 18.7 Å². The van der Waals surface area contributed by atoms with E-state index in [2.05, 4.69) is 16.7 Å². The number of hydrogen-bond acceptors (Lipinski definition) is 6. The number of carbonyl (C=O) groups excluding carboxylic acids is 3. The Morgan fingerprint density at radius 3 is 2.15 bits per heavy atom. The average Bonchev–Trinajstić information content (AvgIpc) is 2.85. The minimum absolute atomic E-state index is 0.0655. The summed E-state index contributed by atoms with van der Waals surface area (Å²) in [6.45, 7) is 0.0655. The van der Waals surface area contributed by atoms with Crippen molar-refractivity contribution >= 4 is 18.0 Å². The smallest absolute Gasteiger partial charge is 0.408 e. The summed E-state index contributed by atoms with van der Waals surface area (Å²) in [5.41, 5.74) is 1.66. The molecule has 8 nitrogen and oxygen atoms in total. The number of carbonyl (C=O) groups is 3. The molecule has 33 heavy (non-hydrogen) atoms. The van der Waals surface area contributed by atoms with E-state index in [0.29, 0.717) is 25.7 Å². The van der Waals surface area contributed by atoms with Gasteiger partial charge in [-0.1, -0.05) is 60.7 Å². The molecular formula is C25H29N3O5. The maximum absolute atomic E-state index is 13.0. The Morgan fingerprint density at radius 2 is 1.55 bits per heavy atom. The lowest BCUT2D eigenvalue weighted by atomic mass is 10.0. The lowest BCUT2D eigenvalue weighted by Crippen LogP contribution is -2.52. The van der Waals surface area contributed by atoms with Crippen molar-refractivity contribution < 1.29 is 23.9 Å². The van der Waals surface area contributed by atoms with Gasteiger partial charge in [0.2, 0.25) is 5.91 Å². The molecule has 2 amide bonds. The molecule has 2 aromatic carbocycles. The van der Waals surface area contributed by atoms with Gasteiger partial charge in [-0.2, -0.15) is 5.26 Å². The minimum atomic E-state index is -0.957. The molecule has 0 aliphatic heterocycles. The van der Waals surface area contributed by atoms with Gasteiger partial charge in [-0.25, -0.2) is 9.59 Å². The zero-order valence-corrected chi connectivity index (χ0v) is 18.7. The van der Waals surface area contributed by atoms with Crippen molar-refractivity contribution in [1.29, 1.82) is 5.26 Å².